The SMILES string of the molecule is CC(C)C(C)CCN(C)C(C)CCN(C)C. The molecule has 0 aromatic rings. The Hall–Kier alpha value is -0.0800. The molecule has 16 heavy (non-hydrogen) atoms. The fourth-order valence-electron chi connectivity index (χ4n) is 1.63. The van der Waals surface area contributed by atoms with Crippen molar-refractivity contribution in [1.29, 1.82) is 0 Å². The average molecular weight is 228 g/mol. The van der Waals surface area contributed by atoms with Crippen LogP contribution in [-0.4, -0.2) is 50.1 Å². The van der Waals surface area contributed by atoms with Crippen LogP contribution in [0.5, 0.6) is 0 Å². The zero-order valence-corrected chi connectivity index (χ0v) is 12.5. The van der Waals surface area contributed by atoms with E-state index in [0.29, 0.717) is 6.04 Å². The Bertz CT molecular complexity index is 166. The molecule has 0 aromatic heterocycles. The summed E-state index contributed by atoms with van der Waals surface area (Å²) in [6.45, 7) is 11.8. The molecular weight excluding hydrogens is 196 g/mol. The standard InChI is InChI=1S/C14H32N2/c1-12(2)13(3)8-11-16(7)14(4)9-10-15(5)6/h12-14H,8-11H2,1-7H3. The van der Waals surface area contributed by atoms with Crippen LogP contribution in [0.4, 0.5) is 0 Å². The van der Waals surface area contributed by atoms with Gasteiger partial charge in [0.05, 0.1) is 0 Å². The van der Waals surface area contributed by atoms with E-state index in [1.807, 2.05) is 0 Å². The van der Waals surface area contributed by atoms with E-state index in [1.54, 1.807) is 0 Å². The zero-order valence-electron chi connectivity index (χ0n) is 12.5. The molecule has 2 atom stereocenters. The predicted molar refractivity (Wildman–Crippen MR) is 73.9 cm³/mol. The van der Waals surface area contributed by atoms with Gasteiger partial charge in [-0.25, -0.2) is 0 Å². The Balaban J connectivity index is 3.74. The Labute approximate surface area is 103 Å². The van der Waals surface area contributed by atoms with Crippen LogP contribution < -0.4 is 0 Å². The second-order valence-corrected chi connectivity index (χ2v) is 5.93. The highest BCUT2D eigenvalue weighted by Crippen LogP contribution is 2.15. The molecule has 2 nitrogen and oxygen atoms in total. The number of hydrogen-bond donors (Lipinski definition) is 0. The van der Waals surface area contributed by atoms with Crippen molar-refractivity contribution < 1.29 is 0 Å². The minimum absolute atomic E-state index is 0.696. The van der Waals surface area contributed by atoms with E-state index < -0.39 is 0 Å². The lowest BCUT2D eigenvalue weighted by molar-refractivity contribution is 0.206. The lowest BCUT2D eigenvalue weighted by Crippen LogP contribution is -2.33. The van der Waals surface area contributed by atoms with Crippen molar-refractivity contribution in [2.24, 2.45) is 11.8 Å². The first kappa shape index (κ1) is 15.9. The van der Waals surface area contributed by atoms with Gasteiger partial charge in [-0.15, -0.1) is 0 Å². The highest BCUT2D eigenvalue weighted by Gasteiger charge is 2.12. The van der Waals surface area contributed by atoms with Crippen molar-refractivity contribution in [3.63, 3.8) is 0 Å². The predicted octanol–water partition coefficient (Wildman–Crippen LogP) is 2.94. The van der Waals surface area contributed by atoms with Crippen molar-refractivity contribution >= 4 is 0 Å². The fourth-order valence-corrected chi connectivity index (χ4v) is 1.63. The van der Waals surface area contributed by atoms with Gasteiger partial charge in [0.25, 0.3) is 0 Å². The monoisotopic (exact) mass is 228 g/mol. The molecule has 0 aromatic carbocycles. The summed E-state index contributed by atoms with van der Waals surface area (Å²) in [5, 5.41) is 0. The fraction of sp³-hybridized carbons (Fsp3) is 1.00. The smallest absolute Gasteiger partial charge is 0.00760 e. The molecular formula is C14H32N2. The maximum Gasteiger partial charge on any atom is 0.00760 e. The van der Waals surface area contributed by atoms with E-state index in [2.05, 4.69) is 58.6 Å². The van der Waals surface area contributed by atoms with Crippen molar-refractivity contribution in [1.82, 2.24) is 9.80 Å². The molecule has 98 valence electrons. The van der Waals surface area contributed by atoms with E-state index >= 15 is 0 Å². The van der Waals surface area contributed by atoms with Gasteiger partial charge in [0.15, 0.2) is 0 Å². The van der Waals surface area contributed by atoms with E-state index in [0.717, 1.165) is 11.8 Å². The minimum atomic E-state index is 0.696. The lowest BCUT2D eigenvalue weighted by Gasteiger charge is -2.27. The van der Waals surface area contributed by atoms with Crippen molar-refractivity contribution in [3.05, 3.63) is 0 Å². The third kappa shape index (κ3) is 7.24. The topological polar surface area (TPSA) is 6.48 Å². The summed E-state index contributed by atoms with van der Waals surface area (Å²) in [6, 6.07) is 0.696. The second kappa shape index (κ2) is 8.08. The Morgan fingerprint density at radius 2 is 1.38 bits per heavy atom. The van der Waals surface area contributed by atoms with Gasteiger partial charge in [0.2, 0.25) is 0 Å². The molecule has 2 unspecified atom stereocenters. The molecule has 0 spiro atoms. The van der Waals surface area contributed by atoms with Crippen molar-refractivity contribution in [3.8, 4) is 0 Å². The summed E-state index contributed by atoms with van der Waals surface area (Å²) in [4.78, 5) is 4.77. The molecule has 0 saturated carbocycles. The summed E-state index contributed by atoms with van der Waals surface area (Å²) in [6.07, 6.45) is 2.58. The molecule has 0 amide bonds. The highest BCUT2D eigenvalue weighted by atomic mass is 15.1. The minimum Gasteiger partial charge on any atom is -0.309 e. The average Bonchev–Trinajstić information content (AvgIpc) is 2.21. The molecule has 0 saturated heterocycles. The van der Waals surface area contributed by atoms with Crippen LogP contribution >= 0.6 is 0 Å². The van der Waals surface area contributed by atoms with Gasteiger partial charge in [0.1, 0.15) is 0 Å². The van der Waals surface area contributed by atoms with E-state index in [-0.39, 0.29) is 0 Å². The highest BCUT2D eigenvalue weighted by molar-refractivity contribution is 4.67. The molecule has 0 radical (unpaired) electrons. The van der Waals surface area contributed by atoms with Crippen LogP contribution in [0.1, 0.15) is 40.5 Å². The Kier molecular flexibility index (Phi) is 8.04. The number of rotatable bonds is 8. The van der Waals surface area contributed by atoms with Gasteiger partial charge in [-0.3, -0.25) is 0 Å². The first-order valence-electron chi connectivity index (χ1n) is 6.69. The Morgan fingerprint density at radius 1 is 0.812 bits per heavy atom. The van der Waals surface area contributed by atoms with Crippen molar-refractivity contribution in [2.45, 2.75) is 46.6 Å². The Morgan fingerprint density at radius 3 is 1.81 bits per heavy atom. The van der Waals surface area contributed by atoms with Gasteiger partial charge in [-0.05, 0) is 65.8 Å². The maximum absolute atomic E-state index is 2.50. The van der Waals surface area contributed by atoms with E-state index in [1.165, 1.54) is 25.9 Å². The quantitative estimate of drug-likeness (QED) is 0.630. The molecule has 0 N–H and O–H groups in total. The summed E-state index contributed by atoms with van der Waals surface area (Å²) >= 11 is 0. The molecule has 0 aliphatic carbocycles. The lowest BCUT2D eigenvalue weighted by atomic mass is 9.94. The maximum atomic E-state index is 2.50. The first-order valence-corrected chi connectivity index (χ1v) is 6.69. The van der Waals surface area contributed by atoms with Gasteiger partial charge < -0.3 is 9.80 Å². The zero-order chi connectivity index (χ0) is 12.7. The summed E-state index contributed by atoms with van der Waals surface area (Å²) in [7, 11) is 6.55. The van der Waals surface area contributed by atoms with Crippen LogP contribution in [0.2, 0.25) is 0 Å². The molecule has 0 aliphatic heterocycles. The largest absolute Gasteiger partial charge is 0.309 e. The summed E-state index contributed by atoms with van der Waals surface area (Å²) < 4.78 is 0. The number of nitrogens with zero attached hydrogens (tertiary/aromatic N) is 2. The third-order valence-electron chi connectivity index (χ3n) is 3.82. The van der Waals surface area contributed by atoms with Crippen LogP contribution in [0.3, 0.4) is 0 Å². The van der Waals surface area contributed by atoms with Gasteiger partial charge >= 0.3 is 0 Å². The van der Waals surface area contributed by atoms with Crippen LogP contribution in [-0.2, 0) is 0 Å². The molecule has 2 heteroatoms. The van der Waals surface area contributed by atoms with Gasteiger partial charge in [0, 0.05) is 6.04 Å². The molecule has 0 bridgehead atoms. The van der Waals surface area contributed by atoms with Gasteiger partial charge in [-0.2, -0.15) is 0 Å². The van der Waals surface area contributed by atoms with Crippen LogP contribution in [0.15, 0.2) is 0 Å². The molecule has 0 heterocycles. The normalized spacial score (nSPS) is 16.1. The van der Waals surface area contributed by atoms with Gasteiger partial charge in [-0.1, -0.05) is 20.8 Å². The van der Waals surface area contributed by atoms with Crippen molar-refractivity contribution in [2.75, 3.05) is 34.2 Å². The van der Waals surface area contributed by atoms with E-state index in [9.17, 15) is 0 Å². The summed E-state index contributed by atoms with van der Waals surface area (Å²) in [5.41, 5.74) is 0. The number of hydrogen-bond acceptors (Lipinski definition) is 2. The summed E-state index contributed by atoms with van der Waals surface area (Å²) in [5.74, 6) is 1.65. The third-order valence-corrected chi connectivity index (χ3v) is 3.82. The van der Waals surface area contributed by atoms with Crippen LogP contribution in [0, 0.1) is 11.8 Å². The molecule has 0 rings (SSSR count). The second-order valence-electron chi connectivity index (χ2n) is 5.93. The molecule has 0 aliphatic rings. The van der Waals surface area contributed by atoms with E-state index in [4.69, 9.17) is 0 Å². The first-order chi connectivity index (χ1) is 7.34. The molecule has 0 fully saturated rings. The van der Waals surface area contributed by atoms with Crippen LogP contribution in [0.25, 0.3) is 0 Å².